The van der Waals surface area contributed by atoms with Crippen molar-refractivity contribution < 1.29 is 14.3 Å². The van der Waals surface area contributed by atoms with E-state index >= 15 is 0 Å². The molecule has 1 aromatic heterocycles. The van der Waals surface area contributed by atoms with Gasteiger partial charge in [-0.15, -0.1) is 0 Å². The number of fused-ring (bicyclic) bond motifs is 1. The molecule has 1 aromatic carbocycles. The van der Waals surface area contributed by atoms with Gasteiger partial charge in [-0.05, 0) is 13.0 Å². The molecule has 6 heteroatoms. The normalized spacial score (nSPS) is 14.3. The maximum Gasteiger partial charge on any atom is 0.340 e. The summed E-state index contributed by atoms with van der Waals surface area (Å²) in [6.07, 6.45) is 1.70. The van der Waals surface area contributed by atoms with Crippen molar-refractivity contribution in [2.24, 2.45) is 4.99 Å². The molecule has 0 unspecified atom stereocenters. The van der Waals surface area contributed by atoms with Crippen LogP contribution >= 0.6 is 0 Å². The fourth-order valence-electron chi connectivity index (χ4n) is 2.66. The van der Waals surface area contributed by atoms with Crippen molar-refractivity contribution >= 4 is 28.7 Å². The van der Waals surface area contributed by atoms with Crippen LogP contribution in [0.1, 0.15) is 24.2 Å². The minimum Gasteiger partial charge on any atom is -0.462 e. The van der Waals surface area contributed by atoms with Gasteiger partial charge in [0.1, 0.15) is 0 Å². The number of hydrogen-bond acceptors (Lipinski definition) is 4. The second kappa shape index (κ2) is 5.63. The Kier molecular flexibility index (Phi) is 3.66. The van der Waals surface area contributed by atoms with Crippen molar-refractivity contribution in [2.45, 2.75) is 13.8 Å². The number of carbonyl (C=O) groups excluding carboxylic acids is 2. The lowest BCUT2D eigenvalue weighted by atomic mass is 10.2. The van der Waals surface area contributed by atoms with Gasteiger partial charge < -0.3 is 4.74 Å². The zero-order valence-electron chi connectivity index (χ0n) is 12.6. The van der Waals surface area contributed by atoms with Gasteiger partial charge in [0.15, 0.2) is 0 Å². The van der Waals surface area contributed by atoms with Crippen LogP contribution < -0.4 is 0 Å². The molecule has 3 rings (SSSR count). The van der Waals surface area contributed by atoms with Crippen LogP contribution in [0.3, 0.4) is 0 Å². The van der Waals surface area contributed by atoms with Crippen molar-refractivity contribution in [2.75, 3.05) is 19.7 Å². The van der Waals surface area contributed by atoms with Gasteiger partial charge in [0, 0.05) is 25.1 Å². The Morgan fingerprint density at radius 1 is 1.32 bits per heavy atom. The number of benzene rings is 1. The molecule has 1 aliphatic heterocycles. The van der Waals surface area contributed by atoms with Gasteiger partial charge in [-0.1, -0.05) is 18.2 Å². The smallest absolute Gasteiger partial charge is 0.340 e. The molecule has 0 spiro atoms. The molecule has 1 amide bonds. The van der Waals surface area contributed by atoms with Gasteiger partial charge in [-0.2, -0.15) is 0 Å². The number of hydrogen-bond donors (Lipinski definition) is 0. The zero-order valence-corrected chi connectivity index (χ0v) is 12.6. The number of ether oxygens (including phenoxy) is 1. The average Bonchev–Trinajstić information content (AvgIpc) is 3.11. The summed E-state index contributed by atoms with van der Waals surface area (Å²) in [6, 6.07) is 7.53. The Morgan fingerprint density at radius 3 is 2.82 bits per heavy atom. The summed E-state index contributed by atoms with van der Waals surface area (Å²) in [4.78, 5) is 29.9. The molecule has 0 N–H and O–H groups in total. The lowest BCUT2D eigenvalue weighted by molar-refractivity contribution is -0.124. The van der Waals surface area contributed by atoms with Gasteiger partial charge in [0.25, 0.3) is 0 Å². The van der Waals surface area contributed by atoms with Crippen LogP contribution in [0.15, 0.2) is 35.5 Å². The number of esters is 1. The van der Waals surface area contributed by atoms with E-state index < -0.39 is 0 Å². The minimum absolute atomic E-state index is 0.0632. The van der Waals surface area contributed by atoms with Crippen molar-refractivity contribution in [1.29, 1.82) is 0 Å². The number of rotatable bonds is 2. The molecule has 0 saturated carbocycles. The first-order valence-electron chi connectivity index (χ1n) is 7.23. The summed E-state index contributed by atoms with van der Waals surface area (Å²) < 4.78 is 6.90. The molecule has 0 aliphatic carbocycles. The Balaban J connectivity index is 2.15. The van der Waals surface area contributed by atoms with Crippen LogP contribution in [0.4, 0.5) is 0 Å². The molecule has 1 aliphatic rings. The molecule has 0 bridgehead atoms. The highest BCUT2D eigenvalue weighted by Gasteiger charge is 2.25. The fraction of sp³-hybridized carbons (Fsp3) is 0.312. The van der Waals surface area contributed by atoms with E-state index in [1.807, 2.05) is 24.3 Å². The van der Waals surface area contributed by atoms with E-state index in [4.69, 9.17) is 4.74 Å². The second-order valence-corrected chi connectivity index (χ2v) is 5.00. The molecule has 0 fully saturated rings. The summed E-state index contributed by atoms with van der Waals surface area (Å²) in [5, 5.41) is 0.791. The van der Waals surface area contributed by atoms with Gasteiger partial charge in [0.2, 0.25) is 11.9 Å². The lowest BCUT2D eigenvalue weighted by Crippen LogP contribution is -2.36. The third-order valence-corrected chi connectivity index (χ3v) is 3.62. The van der Waals surface area contributed by atoms with E-state index in [-0.39, 0.29) is 11.9 Å². The first-order chi connectivity index (χ1) is 10.6. The lowest BCUT2D eigenvalue weighted by Gasteiger charge is -2.17. The summed E-state index contributed by atoms with van der Waals surface area (Å²) in [7, 11) is 0. The van der Waals surface area contributed by atoms with Crippen LogP contribution in [-0.2, 0) is 9.53 Å². The third kappa shape index (κ3) is 2.26. The van der Waals surface area contributed by atoms with Gasteiger partial charge in [0.05, 0.1) is 24.2 Å². The SMILES string of the molecule is CCOC(=O)c1cn(C2=NCCN2C(C)=O)c2ccccc12. The highest BCUT2D eigenvalue weighted by atomic mass is 16.5. The summed E-state index contributed by atoms with van der Waals surface area (Å²) >= 11 is 0. The number of aliphatic imine (C=N–C) groups is 1. The van der Waals surface area contributed by atoms with Crippen molar-refractivity contribution in [3.63, 3.8) is 0 Å². The number of aromatic nitrogens is 1. The molecule has 22 heavy (non-hydrogen) atoms. The predicted octanol–water partition coefficient (Wildman–Crippen LogP) is 1.88. The molecule has 114 valence electrons. The standard InChI is InChI=1S/C16H17N3O3/c1-3-22-15(21)13-10-19(14-7-5-4-6-12(13)14)16-17-8-9-18(16)11(2)20/h4-7,10H,3,8-9H2,1-2H3. The van der Waals surface area contributed by atoms with E-state index in [1.54, 1.807) is 22.6 Å². The monoisotopic (exact) mass is 299 g/mol. The van der Waals surface area contributed by atoms with Crippen LogP contribution in [-0.4, -0.2) is 47.0 Å². The van der Waals surface area contributed by atoms with E-state index in [9.17, 15) is 9.59 Å². The van der Waals surface area contributed by atoms with Gasteiger partial charge in [-0.25, -0.2) is 4.79 Å². The Labute approximate surface area is 128 Å². The molecule has 0 atom stereocenters. The molecule has 2 aromatic rings. The average molecular weight is 299 g/mol. The predicted molar refractivity (Wildman–Crippen MR) is 83.0 cm³/mol. The highest BCUT2D eigenvalue weighted by Crippen LogP contribution is 2.23. The molecular formula is C16H17N3O3. The molecule has 6 nitrogen and oxygen atoms in total. The molecular weight excluding hydrogens is 282 g/mol. The van der Waals surface area contributed by atoms with Crippen LogP contribution in [0.25, 0.3) is 10.9 Å². The Bertz CT molecular complexity index is 776. The van der Waals surface area contributed by atoms with E-state index in [0.29, 0.717) is 31.2 Å². The first kappa shape index (κ1) is 14.3. The van der Waals surface area contributed by atoms with Crippen molar-refractivity contribution in [3.8, 4) is 0 Å². The number of carbonyl (C=O) groups is 2. The largest absolute Gasteiger partial charge is 0.462 e. The Morgan fingerprint density at radius 2 is 2.09 bits per heavy atom. The number of para-hydroxylation sites is 1. The first-order valence-corrected chi connectivity index (χ1v) is 7.23. The van der Waals surface area contributed by atoms with Gasteiger partial charge >= 0.3 is 5.97 Å². The maximum atomic E-state index is 12.1. The second-order valence-electron chi connectivity index (χ2n) is 5.00. The van der Waals surface area contributed by atoms with E-state index in [2.05, 4.69) is 4.99 Å². The molecule has 0 saturated heterocycles. The zero-order chi connectivity index (χ0) is 15.7. The molecule has 2 heterocycles. The Hall–Kier alpha value is -2.63. The fourth-order valence-corrected chi connectivity index (χ4v) is 2.66. The summed E-state index contributed by atoms with van der Waals surface area (Å²) in [6.45, 7) is 4.73. The van der Waals surface area contributed by atoms with Crippen molar-refractivity contribution in [3.05, 3.63) is 36.0 Å². The summed E-state index contributed by atoms with van der Waals surface area (Å²) in [5.74, 6) is 0.122. The van der Waals surface area contributed by atoms with Crippen molar-refractivity contribution in [1.82, 2.24) is 9.47 Å². The van der Waals surface area contributed by atoms with Gasteiger partial charge in [-0.3, -0.25) is 19.3 Å². The van der Waals surface area contributed by atoms with Crippen LogP contribution in [0.2, 0.25) is 0 Å². The van der Waals surface area contributed by atoms with Crippen LogP contribution in [0.5, 0.6) is 0 Å². The highest BCUT2D eigenvalue weighted by molar-refractivity contribution is 6.09. The summed E-state index contributed by atoms with van der Waals surface area (Å²) in [5.41, 5.74) is 1.31. The van der Waals surface area contributed by atoms with Crippen LogP contribution in [0, 0.1) is 0 Å². The number of nitrogens with zero attached hydrogens (tertiary/aromatic N) is 3. The maximum absolute atomic E-state index is 12.1. The topological polar surface area (TPSA) is 63.9 Å². The minimum atomic E-state index is -0.370. The quantitative estimate of drug-likeness (QED) is 0.795. The number of amides is 1. The van der Waals surface area contributed by atoms with E-state index in [0.717, 1.165) is 10.9 Å². The van der Waals surface area contributed by atoms with E-state index in [1.165, 1.54) is 6.92 Å². The third-order valence-electron chi connectivity index (χ3n) is 3.62. The molecule has 0 radical (unpaired) electrons.